The lowest BCUT2D eigenvalue weighted by Gasteiger charge is -2.35. The highest BCUT2D eigenvalue weighted by Crippen LogP contribution is 2.32. The van der Waals surface area contributed by atoms with Gasteiger partial charge < -0.3 is 10.2 Å². The molecule has 1 aliphatic rings. The number of fused-ring (bicyclic) bond motifs is 1. The average molecular weight is 372 g/mol. The van der Waals surface area contributed by atoms with Crippen molar-refractivity contribution < 1.29 is 18.0 Å². The van der Waals surface area contributed by atoms with Gasteiger partial charge in [0.2, 0.25) is 0 Å². The Kier molecular flexibility index (Phi) is 3.91. The van der Waals surface area contributed by atoms with Crippen LogP contribution in [0.15, 0.2) is 60.9 Å². The molecule has 1 amide bonds. The third-order valence-corrected chi connectivity index (χ3v) is 4.56. The van der Waals surface area contributed by atoms with Crippen molar-refractivity contribution in [1.82, 2.24) is 15.1 Å². The van der Waals surface area contributed by atoms with Gasteiger partial charge in [-0.1, -0.05) is 12.1 Å². The monoisotopic (exact) mass is 372 g/mol. The van der Waals surface area contributed by atoms with Crippen LogP contribution in [0.1, 0.15) is 27.7 Å². The molecule has 1 aliphatic heterocycles. The van der Waals surface area contributed by atoms with Gasteiger partial charge in [0.25, 0.3) is 5.91 Å². The maximum absolute atomic E-state index is 12.7. The van der Waals surface area contributed by atoms with E-state index in [1.165, 1.54) is 16.8 Å². The number of hydrogen-bond acceptors (Lipinski definition) is 3. The van der Waals surface area contributed by atoms with Crippen LogP contribution in [-0.2, 0) is 6.18 Å². The molecule has 1 aromatic heterocycles. The predicted octanol–water partition coefficient (Wildman–Crippen LogP) is 3.77. The van der Waals surface area contributed by atoms with Crippen LogP contribution in [0.25, 0.3) is 5.69 Å². The molecule has 0 spiro atoms. The highest BCUT2D eigenvalue weighted by Gasteiger charge is 2.31. The number of amides is 1. The van der Waals surface area contributed by atoms with E-state index >= 15 is 0 Å². The van der Waals surface area contributed by atoms with Crippen molar-refractivity contribution in [2.75, 3.05) is 11.9 Å². The highest BCUT2D eigenvalue weighted by atomic mass is 19.4. The van der Waals surface area contributed by atoms with Gasteiger partial charge in [-0.25, -0.2) is 4.68 Å². The number of nitrogens with one attached hydrogen (secondary N) is 1. The molecular formula is C19H15F3N4O. The highest BCUT2D eigenvalue weighted by molar-refractivity contribution is 6.01. The fourth-order valence-corrected chi connectivity index (χ4v) is 3.14. The minimum Gasteiger partial charge on any atom is -0.350 e. The van der Waals surface area contributed by atoms with Crippen LogP contribution >= 0.6 is 0 Å². The lowest BCUT2D eigenvalue weighted by Crippen LogP contribution is -2.44. The molecule has 1 unspecified atom stereocenters. The maximum Gasteiger partial charge on any atom is 0.416 e. The summed E-state index contributed by atoms with van der Waals surface area (Å²) in [5.41, 5.74) is 1.90. The Balaban J connectivity index is 1.63. The third-order valence-electron chi connectivity index (χ3n) is 4.56. The second-order valence-electron chi connectivity index (χ2n) is 6.27. The van der Waals surface area contributed by atoms with Crippen LogP contribution in [-0.4, -0.2) is 22.7 Å². The number of carbonyl (C=O) groups is 1. The number of para-hydroxylation sites is 1. The molecule has 0 bridgehead atoms. The topological polar surface area (TPSA) is 50.2 Å². The van der Waals surface area contributed by atoms with Gasteiger partial charge in [0.15, 0.2) is 0 Å². The van der Waals surface area contributed by atoms with Gasteiger partial charge >= 0.3 is 6.18 Å². The second kappa shape index (κ2) is 6.15. The molecule has 0 radical (unpaired) electrons. The number of carbonyl (C=O) groups excluding carboxylic acids is 1. The Morgan fingerprint density at radius 2 is 1.78 bits per heavy atom. The molecule has 27 heavy (non-hydrogen) atoms. The van der Waals surface area contributed by atoms with E-state index < -0.39 is 17.9 Å². The Morgan fingerprint density at radius 1 is 1.07 bits per heavy atom. The van der Waals surface area contributed by atoms with Crippen LogP contribution in [0.5, 0.6) is 0 Å². The first-order chi connectivity index (χ1) is 12.8. The maximum atomic E-state index is 12.7. The van der Waals surface area contributed by atoms with Gasteiger partial charge in [0, 0.05) is 18.8 Å². The molecule has 0 saturated carbocycles. The van der Waals surface area contributed by atoms with Crippen molar-refractivity contribution in [2.24, 2.45) is 0 Å². The summed E-state index contributed by atoms with van der Waals surface area (Å²) in [5, 5.41) is 7.14. The Labute approximate surface area is 153 Å². The molecule has 1 N–H and O–H groups in total. The predicted molar refractivity (Wildman–Crippen MR) is 93.6 cm³/mol. The zero-order valence-corrected chi connectivity index (χ0v) is 14.2. The number of nitrogens with zero attached hydrogens (tertiary/aromatic N) is 3. The fraction of sp³-hybridized carbons (Fsp3) is 0.158. The van der Waals surface area contributed by atoms with Gasteiger partial charge in [-0.15, -0.1) is 0 Å². The van der Waals surface area contributed by atoms with E-state index in [0.29, 0.717) is 11.3 Å². The van der Waals surface area contributed by atoms with Crippen molar-refractivity contribution in [3.63, 3.8) is 0 Å². The van der Waals surface area contributed by atoms with Gasteiger partial charge in [-0.05, 0) is 36.4 Å². The van der Waals surface area contributed by atoms with E-state index in [0.717, 1.165) is 23.4 Å². The SMILES string of the molecule is CN1c2ccccc2C(=O)NC1c1cnn(-c2ccc(C(F)(F)F)cc2)c1. The number of benzene rings is 2. The molecule has 2 heterocycles. The van der Waals surface area contributed by atoms with E-state index in [2.05, 4.69) is 10.4 Å². The summed E-state index contributed by atoms with van der Waals surface area (Å²) in [6.07, 6.45) is -1.52. The molecule has 0 aliphatic carbocycles. The summed E-state index contributed by atoms with van der Waals surface area (Å²) in [6, 6.07) is 12.0. The summed E-state index contributed by atoms with van der Waals surface area (Å²) in [5.74, 6) is -0.184. The van der Waals surface area contributed by atoms with E-state index in [9.17, 15) is 18.0 Å². The van der Waals surface area contributed by atoms with E-state index in [1.54, 1.807) is 24.5 Å². The summed E-state index contributed by atoms with van der Waals surface area (Å²) >= 11 is 0. The minimum absolute atomic E-state index is 0.184. The molecular weight excluding hydrogens is 357 g/mol. The van der Waals surface area contributed by atoms with Crippen LogP contribution < -0.4 is 10.2 Å². The number of aromatic nitrogens is 2. The van der Waals surface area contributed by atoms with Crippen molar-refractivity contribution in [3.05, 3.63) is 77.6 Å². The molecule has 4 rings (SSSR count). The smallest absolute Gasteiger partial charge is 0.350 e. The first-order valence-electron chi connectivity index (χ1n) is 8.19. The molecule has 3 aromatic rings. The molecule has 8 heteroatoms. The van der Waals surface area contributed by atoms with Crippen molar-refractivity contribution in [1.29, 1.82) is 0 Å². The zero-order valence-electron chi connectivity index (χ0n) is 14.2. The number of anilines is 1. The third kappa shape index (κ3) is 3.03. The number of hydrogen-bond donors (Lipinski definition) is 1. The van der Waals surface area contributed by atoms with Crippen LogP contribution in [0.2, 0.25) is 0 Å². The Bertz CT molecular complexity index is 995. The molecule has 138 valence electrons. The van der Waals surface area contributed by atoms with E-state index in [1.807, 2.05) is 24.1 Å². The lowest BCUT2D eigenvalue weighted by atomic mass is 10.1. The summed E-state index contributed by atoms with van der Waals surface area (Å²) in [6.45, 7) is 0. The largest absolute Gasteiger partial charge is 0.416 e. The van der Waals surface area contributed by atoms with Crippen molar-refractivity contribution in [3.8, 4) is 5.69 Å². The zero-order chi connectivity index (χ0) is 19.2. The Hall–Kier alpha value is -3.29. The average Bonchev–Trinajstić information content (AvgIpc) is 3.14. The number of alkyl halides is 3. The van der Waals surface area contributed by atoms with E-state index in [4.69, 9.17) is 0 Å². The Morgan fingerprint density at radius 3 is 2.48 bits per heavy atom. The first-order valence-corrected chi connectivity index (χ1v) is 8.19. The quantitative estimate of drug-likeness (QED) is 0.745. The summed E-state index contributed by atoms with van der Waals surface area (Å²) in [4.78, 5) is 14.3. The van der Waals surface area contributed by atoms with Gasteiger partial charge in [-0.2, -0.15) is 18.3 Å². The summed E-state index contributed by atoms with van der Waals surface area (Å²) in [7, 11) is 1.86. The fourth-order valence-electron chi connectivity index (χ4n) is 3.14. The van der Waals surface area contributed by atoms with Crippen molar-refractivity contribution >= 4 is 11.6 Å². The van der Waals surface area contributed by atoms with Crippen LogP contribution in [0.4, 0.5) is 18.9 Å². The molecule has 0 fully saturated rings. The minimum atomic E-state index is -4.38. The lowest BCUT2D eigenvalue weighted by molar-refractivity contribution is -0.137. The normalized spacial score (nSPS) is 16.8. The van der Waals surface area contributed by atoms with Gasteiger partial charge in [0.05, 0.1) is 28.7 Å². The number of rotatable bonds is 2. The summed E-state index contributed by atoms with van der Waals surface area (Å²) < 4.78 is 39.6. The van der Waals surface area contributed by atoms with Crippen LogP contribution in [0, 0.1) is 0 Å². The standard InChI is InChI=1S/C19H15F3N4O/c1-25-16-5-3-2-4-15(16)18(27)24-17(25)12-10-23-26(11-12)14-8-6-13(7-9-14)19(20,21)22/h2-11,17H,1H3,(H,24,27). The molecule has 2 aromatic carbocycles. The molecule has 1 atom stereocenters. The second-order valence-corrected chi connectivity index (χ2v) is 6.27. The van der Waals surface area contributed by atoms with Crippen molar-refractivity contribution in [2.45, 2.75) is 12.3 Å². The number of halogens is 3. The molecule has 0 saturated heterocycles. The molecule has 5 nitrogen and oxygen atoms in total. The first kappa shape index (κ1) is 17.1. The van der Waals surface area contributed by atoms with E-state index in [-0.39, 0.29) is 5.91 Å². The van der Waals surface area contributed by atoms with Gasteiger partial charge in [-0.3, -0.25) is 4.79 Å². The van der Waals surface area contributed by atoms with Crippen LogP contribution in [0.3, 0.4) is 0 Å². The van der Waals surface area contributed by atoms with Gasteiger partial charge in [0.1, 0.15) is 6.17 Å².